The largest absolute Gasteiger partial charge is 0.455 e. The molecule has 1 unspecified atom stereocenters. The van der Waals surface area contributed by atoms with E-state index in [1.807, 2.05) is 44.2 Å². The maximum absolute atomic E-state index is 14.8. The first-order valence-electron chi connectivity index (χ1n) is 18.1. The van der Waals surface area contributed by atoms with Gasteiger partial charge < -0.3 is 34.4 Å². The number of allylic oxidation sites excluding steroid dienone is 1. The van der Waals surface area contributed by atoms with Gasteiger partial charge in [-0.2, -0.15) is 0 Å². The van der Waals surface area contributed by atoms with Crippen LogP contribution in [0.15, 0.2) is 55.6 Å². The average molecular weight is 774 g/mol. The molecule has 0 aliphatic carbocycles. The molecule has 5 rings (SSSR count). The second kappa shape index (κ2) is 17.2. The Morgan fingerprint density at radius 3 is 2.49 bits per heavy atom. The summed E-state index contributed by atoms with van der Waals surface area (Å²) in [6.45, 7) is 16.9. The summed E-state index contributed by atoms with van der Waals surface area (Å²) in [4.78, 5) is 61.9. The van der Waals surface area contributed by atoms with E-state index in [9.17, 15) is 24.3 Å². The Balaban J connectivity index is 1.48. The molecule has 4 heterocycles. The van der Waals surface area contributed by atoms with Crippen LogP contribution in [0.5, 0.6) is 0 Å². The molecule has 1 spiro atoms. The van der Waals surface area contributed by atoms with Gasteiger partial charge in [0.2, 0.25) is 17.7 Å². The lowest BCUT2D eigenvalue weighted by molar-refractivity contribution is -0.162. The number of amides is 3. The van der Waals surface area contributed by atoms with Crippen molar-refractivity contribution in [3.05, 3.63) is 61.2 Å². The topological polar surface area (TPSA) is 138 Å². The highest BCUT2D eigenvalue weighted by Crippen LogP contribution is 2.61. The van der Waals surface area contributed by atoms with Crippen molar-refractivity contribution < 1.29 is 38.5 Å². The number of benzene rings is 1. The van der Waals surface area contributed by atoms with Gasteiger partial charge in [0.1, 0.15) is 17.7 Å². The van der Waals surface area contributed by atoms with Crippen LogP contribution >= 0.6 is 15.9 Å². The Bertz CT molecular complexity index is 1420. The number of aliphatic hydroxyl groups excluding tert-OH is 1. The predicted molar refractivity (Wildman–Crippen MR) is 195 cm³/mol. The Kier molecular flexibility index (Phi) is 13.2. The normalized spacial score (nSPS) is 28.9. The summed E-state index contributed by atoms with van der Waals surface area (Å²) < 4.78 is 18.5. The number of nitrogens with one attached hydrogen (secondary N) is 1. The number of fused-ring (bicyclic) bond motifs is 1. The first kappa shape index (κ1) is 39.1. The van der Waals surface area contributed by atoms with Crippen LogP contribution in [0.25, 0.3) is 0 Å². The van der Waals surface area contributed by atoms with Crippen molar-refractivity contribution in [1.29, 1.82) is 0 Å². The number of aliphatic hydroxyl groups is 1. The molecule has 9 atom stereocenters. The highest BCUT2D eigenvalue weighted by atomic mass is 79.9. The fourth-order valence-corrected chi connectivity index (χ4v) is 9.18. The van der Waals surface area contributed by atoms with E-state index in [0.29, 0.717) is 44.7 Å². The predicted octanol–water partition coefficient (Wildman–Crippen LogP) is 2.85. The van der Waals surface area contributed by atoms with Gasteiger partial charge in [0.15, 0.2) is 0 Å². The number of esters is 1. The smallest absolute Gasteiger partial charge is 0.313 e. The summed E-state index contributed by atoms with van der Waals surface area (Å²) in [7, 11) is 0. The zero-order valence-corrected chi connectivity index (χ0v) is 31.5. The van der Waals surface area contributed by atoms with Crippen molar-refractivity contribution in [1.82, 2.24) is 20.0 Å². The molecule has 0 saturated carbocycles. The summed E-state index contributed by atoms with van der Waals surface area (Å²) in [6.07, 6.45) is 2.82. The average Bonchev–Trinajstić information content (AvgIpc) is 3.72. The van der Waals surface area contributed by atoms with E-state index in [2.05, 4.69) is 39.3 Å². The van der Waals surface area contributed by atoms with Crippen LogP contribution in [0.1, 0.15) is 51.7 Å². The molecule has 51 heavy (non-hydrogen) atoms. The fourth-order valence-electron chi connectivity index (χ4n) is 8.24. The third kappa shape index (κ3) is 7.97. The molecule has 2 N–H and O–H groups in total. The molecular weight excluding hydrogens is 720 g/mol. The van der Waals surface area contributed by atoms with Gasteiger partial charge in [0, 0.05) is 44.0 Å². The van der Waals surface area contributed by atoms with Gasteiger partial charge in [-0.3, -0.25) is 24.1 Å². The number of halogens is 1. The van der Waals surface area contributed by atoms with Gasteiger partial charge in [-0.25, -0.2) is 0 Å². The number of hydrogen-bond acceptors (Lipinski definition) is 9. The molecule has 4 saturated heterocycles. The first-order valence-corrected chi connectivity index (χ1v) is 19.0. The van der Waals surface area contributed by atoms with Gasteiger partial charge in [0.25, 0.3) is 0 Å². The van der Waals surface area contributed by atoms with Crippen molar-refractivity contribution in [2.75, 3.05) is 52.5 Å². The zero-order valence-electron chi connectivity index (χ0n) is 30.0. The van der Waals surface area contributed by atoms with Crippen molar-refractivity contribution in [3.63, 3.8) is 0 Å². The van der Waals surface area contributed by atoms with Crippen LogP contribution < -0.4 is 5.32 Å². The summed E-state index contributed by atoms with van der Waals surface area (Å²) in [5.74, 6) is -3.78. The molecule has 13 heteroatoms. The maximum Gasteiger partial charge on any atom is 0.313 e. The molecule has 1 aromatic carbocycles. The first-order chi connectivity index (χ1) is 24.5. The Morgan fingerprint density at radius 1 is 1.16 bits per heavy atom. The van der Waals surface area contributed by atoms with E-state index in [1.165, 1.54) is 4.90 Å². The SMILES string of the molecule is C=CCCC(=O)N[C@@H](C)[C@H](OC(=O)[C@@H]1[C@H]2O[C@@]3(CC2Br)[C@H](C(=O)N(CC=C)CCN2CCOCC2)N([C@@H](CO)C(C)C)C(=O)[C@@H]13)c1ccccc1. The number of carbonyl (C=O) groups is 4. The van der Waals surface area contributed by atoms with E-state index in [-0.39, 0.29) is 42.1 Å². The van der Waals surface area contributed by atoms with E-state index in [1.54, 1.807) is 24.0 Å². The summed E-state index contributed by atoms with van der Waals surface area (Å²) >= 11 is 3.75. The van der Waals surface area contributed by atoms with Gasteiger partial charge in [-0.05, 0) is 31.2 Å². The lowest BCUT2D eigenvalue weighted by Crippen LogP contribution is -2.60. The second-order valence-corrected chi connectivity index (χ2v) is 15.6. The maximum atomic E-state index is 14.8. The Labute approximate surface area is 309 Å². The standard InChI is InChI=1S/C38H53BrN4O8/c1-6-8-14-29(45)40-25(5)32(26-12-10-9-11-13-26)50-37(48)30-31-35(46)43(28(23-44)24(3)4)34(38(31)22-27(39)33(30)51-38)36(47)42(15-7-2)17-16-41-18-20-49-21-19-41/h6-7,9-13,24-25,27-28,30-34,44H,1-2,8,14-23H2,3-5H3,(H,40,45)/t25-,27?,28-,30-,31+,32-,33-,34-,38+/m0/s1. The minimum Gasteiger partial charge on any atom is -0.455 e. The van der Waals surface area contributed by atoms with Crippen LogP contribution in [0, 0.1) is 17.8 Å². The van der Waals surface area contributed by atoms with E-state index < -0.39 is 59.6 Å². The number of nitrogens with zero attached hydrogens (tertiary/aromatic N) is 3. The molecule has 3 amide bonds. The van der Waals surface area contributed by atoms with Crippen molar-refractivity contribution >= 4 is 39.6 Å². The van der Waals surface area contributed by atoms with Crippen LogP contribution in [0.4, 0.5) is 0 Å². The number of morpholine rings is 1. The molecule has 4 fully saturated rings. The third-order valence-corrected chi connectivity index (χ3v) is 11.6. The third-order valence-electron chi connectivity index (χ3n) is 10.8. The van der Waals surface area contributed by atoms with Crippen LogP contribution in [-0.4, -0.2) is 131 Å². The van der Waals surface area contributed by atoms with Gasteiger partial charge in [0.05, 0.1) is 49.8 Å². The minimum absolute atomic E-state index is 0.193. The van der Waals surface area contributed by atoms with E-state index in [4.69, 9.17) is 14.2 Å². The summed E-state index contributed by atoms with van der Waals surface area (Å²) in [5, 5.41) is 13.6. The van der Waals surface area contributed by atoms with Crippen molar-refractivity contribution in [3.8, 4) is 0 Å². The monoisotopic (exact) mass is 772 g/mol. The molecular formula is C38H53BrN4O8. The number of likely N-dealkylation sites (tertiary alicyclic amines) is 1. The van der Waals surface area contributed by atoms with Gasteiger partial charge in [-0.1, -0.05) is 72.3 Å². The summed E-state index contributed by atoms with van der Waals surface area (Å²) in [6, 6.07) is 6.81. The van der Waals surface area contributed by atoms with E-state index >= 15 is 0 Å². The lowest BCUT2D eigenvalue weighted by Gasteiger charge is -2.41. The lowest BCUT2D eigenvalue weighted by atomic mass is 9.70. The zero-order chi connectivity index (χ0) is 36.9. The number of carbonyl (C=O) groups excluding carboxylic acids is 4. The van der Waals surface area contributed by atoms with Crippen LogP contribution in [-0.2, 0) is 33.4 Å². The quantitative estimate of drug-likeness (QED) is 0.139. The van der Waals surface area contributed by atoms with Gasteiger partial charge in [-0.15, -0.1) is 13.2 Å². The number of ether oxygens (including phenoxy) is 3. The van der Waals surface area contributed by atoms with Crippen molar-refractivity contribution in [2.24, 2.45) is 17.8 Å². The molecule has 12 nitrogen and oxygen atoms in total. The molecule has 2 bridgehead atoms. The minimum atomic E-state index is -1.33. The Morgan fingerprint density at radius 2 is 1.86 bits per heavy atom. The number of alkyl halides is 1. The number of rotatable bonds is 17. The highest BCUT2D eigenvalue weighted by Gasteiger charge is 2.77. The van der Waals surface area contributed by atoms with Gasteiger partial charge >= 0.3 is 5.97 Å². The molecule has 0 aromatic heterocycles. The highest BCUT2D eigenvalue weighted by molar-refractivity contribution is 9.09. The van der Waals surface area contributed by atoms with E-state index in [0.717, 1.165) is 13.1 Å². The van der Waals surface area contributed by atoms with Crippen molar-refractivity contribution in [2.45, 2.75) is 80.8 Å². The molecule has 1 aromatic rings. The molecule has 0 radical (unpaired) electrons. The molecule has 280 valence electrons. The Hall–Kier alpha value is -3.10. The molecule has 4 aliphatic heterocycles. The van der Waals surface area contributed by atoms with Crippen LogP contribution in [0.2, 0.25) is 0 Å². The van der Waals surface area contributed by atoms with Crippen LogP contribution in [0.3, 0.4) is 0 Å². The second-order valence-electron chi connectivity index (χ2n) is 14.4. The molecule has 4 aliphatic rings. The number of hydrogen-bond donors (Lipinski definition) is 2. The summed E-state index contributed by atoms with van der Waals surface area (Å²) in [5.41, 5.74) is -0.645. The fraction of sp³-hybridized carbons (Fsp3) is 0.632.